The Kier molecular flexibility index (Phi) is 6.91. The highest BCUT2D eigenvalue weighted by molar-refractivity contribution is 5.83. The molecule has 2 aliphatic rings. The van der Waals surface area contributed by atoms with Gasteiger partial charge in [0.15, 0.2) is 0 Å². The molecule has 7 nitrogen and oxygen atoms in total. The maximum atomic E-state index is 12.7. The number of rotatable bonds is 8. The van der Waals surface area contributed by atoms with Gasteiger partial charge < -0.3 is 20.5 Å². The first kappa shape index (κ1) is 23.8. The summed E-state index contributed by atoms with van der Waals surface area (Å²) in [7, 11) is 0. The fraction of sp³-hybridized carbons (Fsp3) is 0.444. The van der Waals surface area contributed by atoms with Crippen molar-refractivity contribution in [3.63, 3.8) is 0 Å². The summed E-state index contributed by atoms with van der Waals surface area (Å²) in [5, 5.41) is 14.9. The molecule has 180 valence electrons. The number of fused-ring (bicyclic) bond motifs is 3. The lowest BCUT2D eigenvalue weighted by Crippen LogP contribution is -2.46. The number of ether oxygens (including phenoxy) is 1. The van der Waals surface area contributed by atoms with E-state index in [-0.39, 0.29) is 30.9 Å². The van der Waals surface area contributed by atoms with Gasteiger partial charge in [0.1, 0.15) is 6.61 Å². The average molecular weight is 465 g/mol. The molecule has 0 bridgehead atoms. The molecule has 0 aromatic heterocycles. The minimum atomic E-state index is -0.858. The number of aliphatic carboxylic acids is 1. The number of carbonyl (C=O) groups excluding carboxylic acids is 2. The van der Waals surface area contributed by atoms with Crippen LogP contribution in [0.15, 0.2) is 48.5 Å². The molecule has 1 fully saturated rings. The molecule has 2 atom stereocenters. The Morgan fingerprint density at radius 1 is 0.971 bits per heavy atom. The predicted molar refractivity (Wildman–Crippen MR) is 128 cm³/mol. The van der Waals surface area contributed by atoms with Crippen molar-refractivity contribution in [1.29, 1.82) is 0 Å². The van der Waals surface area contributed by atoms with Crippen molar-refractivity contribution in [2.75, 3.05) is 19.7 Å². The molecule has 4 rings (SSSR count). The van der Waals surface area contributed by atoms with Gasteiger partial charge in [0.25, 0.3) is 0 Å². The van der Waals surface area contributed by atoms with Gasteiger partial charge in [-0.3, -0.25) is 9.59 Å². The summed E-state index contributed by atoms with van der Waals surface area (Å²) in [6, 6.07) is 16.3. The fourth-order valence-corrected chi connectivity index (χ4v) is 5.09. The van der Waals surface area contributed by atoms with Crippen molar-refractivity contribution in [2.45, 2.75) is 39.0 Å². The summed E-state index contributed by atoms with van der Waals surface area (Å²) in [6.45, 7) is 4.16. The van der Waals surface area contributed by atoms with Crippen LogP contribution in [0.4, 0.5) is 4.79 Å². The highest BCUT2D eigenvalue weighted by Gasteiger charge is 2.35. The van der Waals surface area contributed by atoms with Gasteiger partial charge in [-0.1, -0.05) is 55.0 Å². The lowest BCUT2D eigenvalue weighted by atomic mass is 9.91. The van der Waals surface area contributed by atoms with Crippen LogP contribution in [0.2, 0.25) is 0 Å². The SMILES string of the molecule is CC(C)(CNC(=O)OCC1c2ccccc2-c2ccccc21)C(=O)NC[C@H]1CCC[C@H]1C(=O)O. The smallest absolute Gasteiger partial charge is 0.407 e. The van der Waals surface area contributed by atoms with E-state index in [1.807, 2.05) is 24.3 Å². The summed E-state index contributed by atoms with van der Waals surface area (Å²) in [4.78, 5) is 36.5. The topological polar surface area (TPSA) is 105 Å². The standard InChI is InChI=1S/C27H32N2O5/c1-27(2,25(32)28-14-17-8-7-13-18(17)24(30)31)16-29-26(33)34-15-23-21-11-5-3-9-19(21)20-10-4-6-12-22(20)23/h3-6,9-12,17-18,23H,7-8,13-16H2,1-2H3,(H,28,32)(H,29,33)(H,30,31)/t17-,18-/m1/s1. The third-order valence-electron chi connectivity index (χ3n) is 7.13. The van der Waals surface area contributed by atoms with Gasteiger partial charge in [-0.2, -0.15) is 0 Å². The van der Waals surface area contributed by atoms with Gasteiger partial charge >= 0.3 is 12.1 Å². The average Bonchev–Trinajstić information content (AvgIpc) is 3.43. The van der Waals surface area contributed by atoms with Crippen LogP contribution < -0.4 is 10.6 Å². The van der Waals surface area contributed by atoms with Gasteiger partial charge in [0.2, 0.25) is 5.91 Å². The van der Waals surface area contributed by atoms with Crippen LogP contribution in [0, 0.1) is 17.3 Å². The molecule has 3 N–H and O–H groups in total. The highest BCUT2D eigenvalue weighted by atomic mass is 16.5. The lowest BCUT2D eigenvalue weighted by Gasteiger charge is -2.25. The van der Waals surface area contributed by atoms with Gasteiger partial charge in [0.05, 0.1) is 11.3 Å². The predicted octanol–water partition coefficient (Wildman–Crippen LogP) is 4.17. The van der Waals surface area contributed by atoms with E-state index in [0.717, 1.165) is 35.1 Å². The van der Waals surface area contributed by atoms with E-state index in [0.29, 0.717) is 13.0 Å². The van der Waals surface area contributed by atoms with Crippen LogP contribution in [0.25, 0.3) is 11.1 Å². The van der Waals surface area contributed by atoms with E-state index < -0.39 is 23.4 Å². The first-order chi connectivity index (χ1) is 16.3. The zero-order valence-corrected chi connectivity index (χ0v) is 19.7. The number of hydrogen-bond donors (Lipinski definition) is 3. The minimum absolute atomic E-state index is 0.0250. The van der Waals surface area contributed by atoms with Crippen LogP contribution in [0.5, 0.6) is 0 Å². The molecule has 0 unspecified atom stereocenters. The normalized spacial score (nSPS) is 19.2. The Balaban J connectivity index is 1.27. The van der Waals surface area contributed by atoms with E-state index in [4.69, 9.17) is 4.74 Å². The molecule has 0 saturated heterocycles. The minimum Gasteiger partial charge on any atom is -0.481 e. The van der Waals surface area contributed by atoms with Gasteiger partial charge in [-0.05, 0) is 54.9 Å². The molecule has 1 saturated carbocycles. The molecule has 0 aliphatic heterocycles. The Morgan fingerprint density at radius 2 is 1.59 bits per heavy atom. The van der Waals surface area contributed by atoms with E-state index in [2.05, 4.69) is 34.9 Å². The van der Waals surface area contributed by atoms with E-state index in [1.54, 1.807) is 13.8 Å². The summed E-state index contributed by atoms with van der Waals surface area (Å²) < 4.78 is 5.55. The highest BCUT2D eigenvalue weighted by Crippen LogP contribution is 2.44. The molecule has 0 spiro atoms. The molecule has 2 aromatic carbocycles. The van der Waals surface area contributed by atoms with Crippen LogP contribution in [0.1, 0.15) is 50.2 Å². The summed E-state index contributed by atoms with van der Waals surface area (Å²) in [5.41, 5.74) is 3.75. The lowest BCUT2D eigenvalue weighted by molar-refractivity contribution is -0.143. The maximum Gasteiger partial charge on any atom is 0.407 e. The number of alkyl carbamates (subject to hydrolysis) is 1. The Bertz CT molecular complexity index is 1030. The number of benzene rings is 2. The second-order valence-electron chi connectivity index (χ2n) is 9.91. The molecule has 0 heterocycles. The molecule has 2 amide bonds. The van der Waals surface area contributed by atoms with Crippen LogP contribution >= 0.6 is 0 Å². The number of nitrogens with one attached hydrogen (secondary N) is 2. The zero-order valence-electron chi connectivity index (χ0n) is 19.7. The molecule has 0 radical (unpaired) electrons. The third kappa shape index (κ3) is 4.93. The second kappa shape index (κ2) is 9.87. The summed E-state index contributed by atoms with van der Waals surface area (Å²) >= 11 is 0. The summed E-state index contributed by atoms with van der Waals surface area (Å²) in [5.74, 6) is -1.49. The van der Waals surface area contributed by atoms with Crippen LogP contribution in [-0.4, -0.2) is 42.8 Å². The molecular formula is C27H32N2O5. The molecule has 2 aromatic rings. The molecular weight excluding hydrogens is 432 g/mol. The zero-order chi connectivity index (χ0) is 24.3. The molecule has 34 heavy (non-hydrogen) atoms. The van der Waals surface area contributed by atoms with Crippen LogP contribution in [-0.2, 0) is 14.3 Å². The van der Waals surface area contributed by atoms with Crippen molar-refractivity contribution in [2.24, 2.45) is 17.3 Å². The Morgan fingerprint density at radius 3 is 2.21 bits per heavy atom. The van der Waals surface area contributed by atoms with Gasteiger partial charge in [-0.15, -0.1) is 0 Å². The van der Waals surface area contributed by atoms with Gasteiger partial charge in [-0.25, -0.2) is 4.79 Å². The molecule has 2 aliphatic carbocycles. The van der Waals surface area contributed by atoms with Crippen molar-refractivity contribution >= 4 is 18.0 Å². The first-order valence-electron chi connectivity index (χ1n) is 11.9. The largest absolute Gasteiger partial charge is 0.481 e. The van der Waals surface area contributed by atoms with E-state index in [9.17, 15) is 19.5 Å². The Labute approximate surface area is 199 Å². The quantitative estimate of drug-likeness (QED) is 0.544. The fourth-order valence-electron chi connectivity index (χ4n) is 5.09. The van der Waals surface area contributed by atoms with Crippen molar-refractivity contribution < 1.29 is 24.2 Å². The summed E-state index contributed by atoms with van der Waals surface area (Å²) in [6.07, 6.45) is 1.76. The first-order valence-corrected chi connectivity index (χ1v) is 11.9. The van der Waals surface area contributed by atoms with E-state index in [1.165, 1.54) is 0 Å². The van der Waals surface area contributed by atoms with E-state index >= 15 is 0 Å². The number of amides is 2. The number of carboxylic acids is 1. The number of carbonyl (C=O) groups is 3. The maximum absolute atomic E-state index is 12.7. The monoisotopic (exact) mass is 464 g/mol. The van der Waals surface area contributed by atoms with Gasteiger partial charge in [0, 0.05) is 19.0 Å². The van der Waals surface area contributed by atoms with Crippen molar-refractivity contribution in [1.82, 2.24) is 10.6 Å². The van der Waals surface area contributed by atoms with Crippen LogP contribution in [0.3, 0.4) is 0 Å². The van der Waals surface area contributed by atoms with Crippen molar-refractivity contribution in [3.05, 3.63) is 59.7 Å². The third-order valence-corrected chi connectivity index (χ3v) is 7.13. The number of hydrogen-bond acceptors (Lipinski definition) is 4. The Hall–Kier alpha value is -3.35. The van der Waals surface area contributed by atoms with Crippen molar-refractivity contribution in [3.8, 4) is 11.1 Å². The second-order valence-corrected chi connectivity index (χ2v) is 9.91. The molecule has 7 heteroatoms. The number of carboxylic acid groups (broad SMARTS) is 1.